The fourth-order valence-corrected chi connectivity index (χ4v) is 6.23. The molecule has 0 unspecified atom stereocenters. The van der Waals surface area contributed by atoms with Crippen LogP contribution < -0.4 is 10.9 Å². The molecule has 7 heteroatoms. The van der Waals surface area contributed by atoms with Crippen LogP contribution in [0.1, 0.15) is 82.4 Å². The van der Waals surface area contributed by atoms with Crippen molar-refractivity contribution in [3.8, 4) is 40.6 Å². The normalized spacial score (nSPS) is 13.2. The summed E-state index contributed by atoms with van der Waals surface area (Å²) in [6, 6.07) is 17.4. The number of hydrogen-bond donors (Lipinski definition) is 1. The summed E-state index contributed by atoms with van der Waals surface area (Å²) in [6.07, 6.45) is 12.8. The molecule has 1 aliphatic carbocycles. The second-order valence-electron chi connectivity index (χ2n) is 10.8. The molecule has 0 aliphatic heterocycles. The van der Waals surface area contributed by atoms with E-state index in [4.69, 9.17) is 15.8 Å². The summed E-state index contributed by atoms with van der Waals surface area (Å²) in [5.74, 6) is 3.69. The van der Waals surface area contributed by atoms with E-state index in [2.05, 4.69) is 31.2 Å². The molecule has 2 aromatic heterocycles. The zero-order valence-corrected chi connectivity index (χ0v) is 26.6. The number of carbonyl (C=O) groups excluding carboxylic acids is 1. The molecule has 1 amide bonds. The summed E-state index contributed by atoms with van der Waals surface area (Å²) in [7, 11) is 0. The molecule has 1 N–H and O–H groups in total. The molecular weight excluding hydrogens is 554 g/mol. The first kappa shape index (κ1) is 31.9. The second kappa shape index (κ2) is 14.9. The standard InChI is InChI=1S/C34H35N3O3S.C2H6/c1-5-24-11-9-14-27(19-24)37-33(39)23(4)32(36-34(37)41-21-31(38)35-26-12-7-6-8-13-26)29-20-25(30-15-10-18-40-30)16-17-28(29)22(2)3;1-2/h1,9-11,14-20,22,26H,6-8,12-13,21H2,2-4H3,(H,35,38);1-2H3. The van der Waals surface area contributed by atoms with Crippen molar-refractivity contribution < 1.29 is 9.21 Å². The van der Waals surface area contributed by atoms with Crippen LogP contribution in [0.25, 0.3) is 28.3 Å². The summed E-state index contributed by atoms with van der Waals surface area (Å²) in [6.45, 7) is 10.1. The molecular formula is C36H41N3O3S. The quantitative estimate of drug-likeness (QED) is 0.126. The first-order valence-electron chi connectivity index (χ1n) is 15.2. The van der Waals surface area contributed by atoms with Crippen LogP contribution in [0, 0.1) is 19.3 Å². The van der Waals surface area contributed by atoms with Gasteiger partial charge in [-0.3, -0.25) is 14.2 Å². The maximum atomic E-state index is 14.1. The van der Waals surface area contributed by atoms with Crippen LogP contribution >= 0.6 is 11.8 Å². The van der Waals surface area contributed by atoms with Gasteiger partial charge in [0.1, 0.15) is 5.76 Å². The van der Waals surface area contributed by atoms with Crippen LogP contribution in [-0.4, -0.2) is 27.3 Å². The van der Waals surface area contributed by atoms with Crippen molar-refractivity contribution >= 4 is 17.7 Å². The van der Waals surface area contributed by atoms with Crippen LogP contribution in [0.2, 0.25) is 0 Å². The van der Waals surface area contributed by atoms with Gasteiger partial charge < -0.3 is 9.73 Å². The van der Waals surface area contributed by atoms with Gasteiger partial charge in [-0.25, -0.2) is 4.98 Å². The third-order valence-electron chi connectivity index (χ3n) is 7.59. The molecule has 2 heterocycles. The Hall–Kier alpha value is -4.02. The number of nitrogens with zero attached hydrogens (tertiary/aromatic N) is 2. The van der Waals surface area contributed by atoms with Crippen LogP contribution in [0.4, 0.5) is 0 Å². The number of thioether (sulfide) groups is 1. The van der Waals surface area contributed by atoms with E-state index in [1.165, 1.54) is 18.2 Å². The average molecular weight is 596 g/mol. The number of rotatable bonds is 8. The van der Waals surface area contributed by atoms with E-state index < -0.39 is 0 Å². The minimum absolute atomic E-state index is 0.0510. The number of aromatic nitrogens is 2. The highest BCUT2D eigenvalue weighted by Crippen LogP contribution is 2.35. The molecule has 1 saturated carbocycles. The summed E-state index contributed by atoms with van der Waals surface area (Å²) in [4.78, 5) is 32.1. The Morgan fingerprint density at radius 3 is 2.56 bits per heavy atom. The molecule has 0 bridgehead atoms. The molecule has 4 aromatic rings. The maximum absolute atomic E-state index is 14.1. The van der Waals surface area contributed by atoms with E-state index in [0.717, 1.165) is 48.1 Å². The van der Waals surface area contributed by atoms with Gasteiger partial charge in [0.2, 0.25) is 5.91 Å². The number of furan rings is 1. The molecule has 224 valence electrons. The number of amides is 1. The SMILES string of the molecule is C#Cc1cccc(-n2c(SCC(=O)NC3CCCCC3)nc(-c3cc(-c4ccco4)ccc3C(C)C)c(C)c2=O)c1.CC. The summed E-state index contributed by atoms with van der Waals surface area (Å²) in [5.41, 5.74) is 5.07. The number of hydrogen-bond acceptors (Lipinski definition) is 5. The minimum Gasteiger partial charge on any atom is -0.464 e. The highest BCUT2D eigenvalue weighted by molar-refractivity contribution is 7.99. The van der Waals surface area contributed by atoms with Crippen molar-refractivity contribution in [3.63, 3.8) is 0 Å². The van der Waals surface area contributed by atoms with E-state index >= 15 is 0 Å². The Labute approximate surface area is 259 Å². The monoisotopic (exact) mass is 595 g/mol. The van der Waals surface area contributed by atoms with Gasteiger partial charge in [0, 0.05) is 28.3 Å². The van der Waals surface area contributed by atoms with Crippen molar-refractivity contribution in [2.75, 3.05) is 5.75 Å². The molecule has 0 atom stereocenters. The molecule has 43 heavy (non-hydrogen) atoms. The predicted molar refractivity (Wildman–Crippen MR) is 177 cm³/mol. The maximum Gasteiger partial charge on any atom is 0.262 e. The van der Waals surface area contributed by atoms with Crippen molar-refractivity contribution in [2.45, 2.75) is 83.8 Å². The molecule has 1 fully saturated rings. The van der Waals surface area contributed by atoms with Crippen LogP contribution in [0.15, 0.2) is 75.2 Å². The Morgan fingerprint density at radius 1 is 1.12 bits per heavy atom. The van der Waals surface area contributed by atoms with Crippen molar-refractivity contribution in [3.05, 3.63) is 87.9 Å². The molecule has 5 rings (SSSR count). The van der Waals surface area contributed by atoms with Gasteiger partial charge in [-0.15, -0.1) is 6.42 Å². The highest BCUT2D eigenvalue weighted by atomic mass is 32.2. The van der Waals surface area contributed by atoms with Crippen LogP contribution in [0.5, 0.6) is 0 Å². The number of benzene rings is 2. The third kappa shape index (κ3) is 7.50. The van der Waals surface area contributed by atoms with Gasteiger partial charge in [0.25, 0.3) is 5.56 Å². The van der Waals surface area contributed by atoms with Gasteiger partial charge in [-0.05, 0) is 67.6 Å². The predicted octanol–water partition coefficient (Wildman–Crippen LogP) is 8.14. The molecule has 0 spiro atoms. The third-order valence-corrected chi connectivity index (χ3v) is 8.53. The summed E-state index contributed by atoms with van der Waals surface area (Å²) in [5, 5.41) is 3.62. The Kier molecular flexibility index (Phi) is 11.1. The number of nitrogens with one attached hydrogen (secondary N) is 1. The molecule has 6 nitrogen and oxygen atoms in total. The fourth-order valence-electron chi connectivity index (χ4n) is 5.41. The number of terminal acetylenes is 1. The second-order valence-corrected chi connectivity index (χ2v) is 11.8. The van der Waals surface area contributed by atoms with Gasteiger partial charge in [-0.2, -0.15) is 0 Å². The largest absolute Gasteiger partial charge is 0.464 e. The van der Waals surface area contributed by atoms with Crippen molar-refractivity contribution in [1.29, 1.82) is 0 Å². The smallest absolute Gasteiger partial charge is 0.262 e. The fraction of sp³-hybridized carbons (Fsp3) is 0.361. The van der Waals surface area contributed by atoms with E-state index in [-0.39, 0.29) is 29.2 Å². The van der Waals surface area contributed by atoms with Gasteiger partial charge in [0.05, 0.1) is 23.4 Å². The van der Waals surface area contributed by atoms with Gasteiger partial charge >= 0.3 is 0 Å². The minimum atomic E-state index is -0.197. The topological polar surface area (TPSA) is 77.1 Å². The molecule has 0 radical (unpaired) electrons. The van der Waals surface area contributed by atoms with Crippen molar-refractivity contribution in [1.82, 2.24) is 14.9 Å². The Bertz CT molecular complexity index is 1640. The van der Waals surface area contributed by atoms with Gasteiger partial charge in [0.15, 0.2) is 5.16 Å². The zero-order chi connectivity index (χ0) is 30.9. The van der Waals surface area contributed by atoms with E-state index in [1.54, 1.807) is 23.8 Å². The van der Waals surface area contributed by atoms with E-state index in [9.17, 15) is 9.59 Å². The summed E-state index contributed by atoms with van der Waals surface area (Å²) >= 11 is 1.27. The zero-order valence-electron chi connectivity index (χ0n) is 25.8. The first-order chi connectivity index (χ1) is 20.9. The average Bonchev–Trinajstić information content (AvgIpc) is 3.58. The van der Waals surface area contributed by atoms with Gasteiger partial charge in [-0.1, -0.05) is 82.8 Å². The Morgan fingerprint density at radius 2 is 1.88 bits per heavy atom. The summed E-state index contributed by atoms with van der Waals surface area (Å²) < 4.78 is 7.24. The molecule has 1 aliphatic rings. The lowest BCUT2D eigenvalue weighted by molar-refractivity contribution is -0.119. The molecule has 2 aromatic carbocycles. The molecule has 0 saturated heterocycles. The lowest BCUT2D eigenvalue weighted by Crippen LogP contribution is -2.37. The number of carbonyl (C=O) groups is 1. The lowest BCUT2D eigenvalue weighted by atomic mass is 9.91. The van der Waals surface area contributed by atoms with E-state index in [0.29, 0.717) is 27.7 Å². The van der Waals surface area contributed by atoms with Crippen LogP contribution in [0.3, 0.4) is 0 Å². The van der Waals surface area contributed by atoms with E-state index in [1.807, 2.05) is 56.3 Å². The highest BCUT2D eigenvalue weighted by Gasteiger charge is 2.22. The Balaban J connectivity index is 0.00000207. The first-order valence-corrected chi connectivity index (χ1v) is 16.2. The van der Waals surface area contributed by atoms with Crippen molar-refractivity contribution in [2.24, 2.45) is 0 Å². The van der Waals surface area contributed by atoms with Crippen LogP contribution in [-0.2, 0) is 4.79 Å². The lowest BCUT2D eigenvalue weighted by Gasteiger charge is -2.23.